The fraction of sp³-hybridized carbons (Fsp3) is 0.267. The summed E-state index contributed by atoms with van der Waals surface area (Å²) in [6, 6.07) is 7.38. The first-order chi connectivity index (χ1) is 11.0. The molecule has 118 valence electrons. The standard InChI is InChI=1S/C15H14N4O4/c1-9-8-13(20)14(15(21)16-10-6-7-10)17-18(9)11-4-2-3-5-12(11)19(22)23/h2-5,8,10H,6-7H2,1H3,(H,16,21). The van der Waals surface area contributed by atoms with E-state index in [0.29, 0.717) is 5.69 Å². The van der Waals surface area contributed by atoms with Crippen molar-refractivity contribution in [1.29, 1.82) is 0 Å². The molecule has 0 bridgehead atoms. The maximum absolute atomic E-state index is 12.1. The van der Waals surface area contributed by atoms with E-state index < -0.39 is 16.3 Å². The number of nitro groups is 1. The van der Waals surface area contributed by atoms with E-state index in [2.05, 4.69) is 10.4 Å². The van der Waals surface area contributed by atoms with Crippen molar-refractivity contribution < 1.29 is 9.72 Å². The molecule has 0 unspecified atom stereocenters. The molecule has 8 heteroatoms. The predicted octanol–water partition coefficient (Wildman–Crippen LogP) is 1.34. The fourth-order valence-corrected chi connectivity index (χ4v) is 2.23. The number of rotatable bonds is 4. The van der Waals surface area contributed by atoms with Gasteiger partial charge in [0.2, 0.25) is 5.43 Å². The molecule has 1 aromatic carbocycles. The van der Waals surface area contributed by atoms with Crippen LogP contribution in [-0.4, -0.2) is 26.7 Å². The van der Waals surface area contributed by atoms with Crippen LogP contribution in [0.3, 0.4) is 0 Å². The van der Waals surface area contributed by atoms with Crippen LogP contribution in [0.4, 0.5) is 5.69 Å². The molecular formula is C15H14N4O4. The maximum atomic E-state index is 12.1. The third kappa shape index (κ3) is 2.96. The third-order valence-electron chi connectivity index (χ3n) is 3.54. The topological polar surface area (TPSA) is 107 Å². The lowest BCUT2D eigenvalue weighted by atomic mass is 10.2. The number of aromatic nitrogens is 2. The number of amides is 1. The van der Waals surface area contributed by atoms with Crippen molar-refractivity contribution in [1.82, 2.24) is 15.1 Å². The molecule has 0 spiro atoms. The van der Waals surface area contributed by atoms with Crippen molar-refractivity contribution in [2.24, 2.45) is 0 Å². The van der Waals surface area contributed by atoms with Crippen LogP contribution in [-0.2, 0) is 0 Å². The number of benzene rings is 1. The Bertz CT molecular complexity index is 855. The van der Waals surface area contributed by atoms with E-state index in [0.717, 1.165) is 12.8 Å². The Hall–Kier alpha value is -3.03. The average molecular weight is 314 g/mol. The Morgan fingerprint density at radius 1 is 1.39 bits per heavy atom. The van der Waals surface area contributed by atoms with Crippen molar-refractivity contribution in [3.63, 3.8) is 0 Å². The van der Waals surface area contributed by atoms with E-state index in [1.165, 1.54) is 22.9 Å². The third-order valence-corrected chi connectivity index (χ3v) is 3.54. The van der Waals surface area contributed by atoms with Gasteiger partial charge in [-0.05, 0) is 25.8 Å². The molecule has 1 N–H and O–H groups in total. The van der Waals surface area contributed by atoms with E-state index in [9.17, 15) is 19.7 Å². The normalized spacial score (nSPS) is 13.6. The molecule has 1 saturated carbocycles. The van der Waals surface area contributed by atoms with Crippen molar-refractivity contribution in [3.8, 4) is 5.69 Å². The van der Waals surface area contributed by atoms with E-state index in [4.69, 9.17) is 0 Å². The highest BCUT2D eigenvalue weighted by molar-refractivity contribution is 5.92. The predicted molar refractivity (Wildman–Crippen MR) is 81.7 cm³/mol. The van der Waals surface area contributed by atoms with Crippen LogP contribution in [0.15, 0.2) is 35.1 Å². The van der Waals surface area contributed by atoms with Crippen LogP contribution in [0.25, 0.3) is 5.69 Å². The van der Waals surface area contributed by atoms with E-state index in [-0.39, 0.29) is 23.1 Å². The minimum absolute atomic E-state index is 0.0875. The number of nitro benzene ring substituents is 1. The lowest BCUT2D eigenvalue weighted by Crippen LogP contribution is -2.33. The molecule has 23 heavy (non-hydrogen) atoms. The molecule has 1 fully saturated rings. The number of aryl methyl sites for hydroxylation is 1. The van der Waals surface area contributed by atoms with Gasteiger partial charge in [-0.1, -0.05) is 12.1 Å². The van der Waals surface area contributed by atoms with Gasteiger partial charge in [0, 0.05) is 23.9 Å². The Balaban J connectivity index is 2.11. The molecule has 0 aliphatic heterocycles. The van der Waals surface area contributed by atoms with Crippen molar-refractivity contribution in [2.75, 3.05) is 0 Å². The summed E-state index contributed by atoms with van der Waals surface area (Å²) in [5, 5.41) is 17.9. The molecule has 0 radical (unpaired) electrons. The zero-order valence-corrected chi connectivity index (χ0v) is 12.4. The Kier molecular flexibility index (Phi) is 3.65. The van der Waals surface area contributed by atoms with Crippen LogP contribution in [0.1, 0.15) is 29.0 Å². The van der Waals surface area contributed by atoms with E-state index in [1.54, 1.807) is 19.1 Å². The van der Waals surface area contributed by atoms with Gasteiger partial charge in [0.15, 0.2) is 5.69 Å². The minimum atomic E-state index is -0.551. The lowest BCUT2D eigenvalue weighted by molar-refractivity contribution is -0.384. The monoisotopic (exact) mass is 314 g/mol. The second kappa shape index (κ2) is 5.64. The van der Waals surface area contributed by atoms with Crippen molar-refractivity contribution in [3.05, 3.63) is 62.1 Å². The van der Waals surface area contributed by atoms with E-state index in [1.807, 2.05) is 0 Å². The Morgan fingerprint density at radius 2 is 2.09 bits per heavy atom. The summed E-state index contributed by atoms with van der Waals surface area (Å²) in [6.07, 6.45) is 1.77. The summed E-state index contributed by atoms with van der Waals surface area (Å²) in [5.74, 6) is -0.551. The maximum Gasteiger partial charge on any atom is 0.294 e. The molecule has 1 amide bonds. The first-order valence-electron chi connectivity index (χ1n) is 7.13. The lowest BCUT2D eigenvalue weighted by Gasteiger charge is -2.11. The van der Waals surface area contributed by atoms with Crippen molar-refractivity contribution >= 4 is 11.6 Å². The highest BCUT2D eigenvalue weighted by Gasteiger charge is 2.26. The number of hydrogen-bond acceptors (Lipinski definition) is 5. The minimum Gasteiger partial charge on any atom is -0.348 e. The van der Waals surface area contributed by atoms with Crippen LogP contribution >= 0.6 is 0 Å². The first-order valence-corrected chi connectivity index (χ1v) is 7.13. The van der Waals surface area contributed by atoms with E-state index >= 15 is 0 Å². The summed E-state index contributed by atoms with van der Waals surface area (Å²) >= 11 is 0. The zero-order valence-electron chi connectivity index (χ0n) is 12.4. The largest absolute Gasteiger partial charge is 0.348 e. The average Bonchev–Trinajstić information content (AvgIpc) is 3.31. The summed E-state index contributed by atoms with van der Waals surface area (Å²) < 4.78 is 1.25. The number of nitrogens with one attached hydrogen (secondary N) is 1. The molecule has 1 aliphatic carbocycles. The quantitative estimate of drug-likeness (QED) is 0.677. The zero-order chi connectivity index (χ0) is 16.6. The van der Waals surface area contributed by atoms with Gasteiger partial charge < -0.3 is 5.32 Å². The smallest absolute Gasteiger partial charge is 0.294 e. The molecule has 0 saturated heterocycles. The van der Waals surface area contributed by atoms with Gasteiger partial charge in [-0.25, -0.2) is 4.68 Å². The molecule has 1 aliphatic rings. The van der Waals surface area contributed by atoms with Gasteiger partial charge in [-0.15, -0.1) is 0 Å². The van der Waals surface area contributed by atoms with Gasteiger partial charge in [-0.3, -0.25) is 19.7 Å². The number of carbonyl (C=O) groups excluding carboxylic acids is 1. The highest BCUT2D eigenvalue weighted by atomic mass is 16.6. The first kappa shape index (κ1) is 14.9. The Labute approximate surface area is 130 Å². The highest BCUT2D eigenvalue weighted by Crippen LogP contribution is 2.22. The summed E-state index contributed by atoms with van der Waals surface area (Å²) in [5.41, 5.74) is -0.306. The number of nitrogens with zero attached hydrogens (tertiary/aromatic N) is 3. The van der Waals surface area contributed by atoms with Gasteiger partial charge in [0.25, 0.3) is 11.6 Å². The molecule has 1 aromatic heterocycles. The second-order valence-corrected chi connectivity index (χ2v) is 5.40. The SMILES string of the molecule is Cc1cc(=O)c(C(=O)NC2CC2)nn1-c1ccccc1[N+](=O)[O-]. The van der Waals surface area contributed by atoms with Crippen LogP contribution in [0.2, 0.25) is 0 Å². The summed E-state index contributed by atoms with van der Waals surface area (Å²) in [4.78, 5) is 34.8. The van der Waals surface area contributed by atoms with Crippen LogP contribution < -0.4 is 10.7 Å². The van der Waals surface area contributed by atoms with Gasteiger partial charge in [0.1, 0.15) is 5.69 Å². The molecule has 0 atom stereocenters. The molecule has 3 rings (SSSR count). The molecule has 8 nitrogen and oxygen atoms in total. The van der Waals surface area contributed by atoms with Gasteiger partial charge >= 0.3 is 0 Å². The fourth-order valence-electron chi connectivity index (χ4n) is 2.23. The number of para-hydroxylation sites is 2. The number of hydrogen-bond donors (Lipinski definition) is 1. The Morgan fingerprint density at radius 3 is 2.74 bits per heavy atom. The molecular weight excluding hydrogens is 300 g/mol. The second-order valence-electron chi connectivity index (χ2n) is 5.40. The molecule has 2 aromatic rings. The summed E-state index contributed by atoms with van der Waals surface area (Å²) in [6.45, 7) is 1.60. The van der Waals surface area contributed by atoms with Crippen LogP contribution in [0.5, 0.6) is 0 Å². The van der Waals surface area contributed by atoms with Crippen molar-refractivity contribution in [2.45, 2.75) is 25.8 Å². The number of carbonyl (C=O) groups is 1. The summed E-state index contributed by atoms with van der Waals surface area (Å²) in [7, 11) is 0. The molecule has 1 heterocycles. The van der Waals surface area contributed by atoms with Gasteiger partial charge in [-0.2, -0.15) is 5.10 Å². The van der Waals surface area contributed by atoms with Crippen LogP contribution in [0, 0.1) is 17.0 Å². The van der Waals surface area contributed by atoms with Gasteiger partial charge in [0.05, 0.1) is 4.92 Å².